The molecular weight excluding hydrogens is 216 g/mol. The maximum Gasteiger partial charge on any atom is 0.233 e. The summed E-state index contributed by atoms with van der Waals surface area (Å²) in [4.78, 5) is 15.7. The van der Waals surface area contributed by atoms with E-state index in [2.05, 4.69) is 10.3 Å². The van der Waals surface area contributed by atoms with Crippen LogP contribution in [-0.4, -0.2) is 22.4 Å². The summed E-state index contributed by atoms with van der Waals surface area (Å²) in [7, 11) is 0. The number of hydrogen-bond donors (Lipinski definition) is 1. The number of hydrogen-bond acceptors (Lipinski definition) is 4. The van der Waals surface area contributed by atoms with Crippen molar-refractivity contribution >= 4 is 29.0 Å². The number of carbonyl (C=O) groups is 1. The predicted molar refractivity (Wildman–Crippen MR) is 61.7 cm³/mol. The lowest BCUT2D eigenvalue weighted by Crippen LogP contribution is -2.30. The Morgan fingerprint density at radius 2 is 2.50 bits per heavy atom. The third-order valence-electron chi connectivity index (χ3n) is 1.80. The molecule has 3 nitrogen and oxygen atoms in total. The molecule has 1 atom stereocenters. The summed E-state index contributed by atoms with van der Waals surface area (Å²) < 4.78 is 0. The first-order chi connectivity index (χ1) is 6.63. The van der Waals surface area contributed by atoms with Crippen LogP contribution in [0, 0.1) is 6.92 Å². The zero-order chi connectivity index (χ0) is 10.6. The summed E-state index contributed by atoms with van der Waals surface area (Å²) in [6, 6.07) is 0. The third kappa shape index (κ3) is 3.31. The van der Waals surface area contributed by atoms with Crippen LogP contribution in [0.4, 0.5) is 0 Å². The Morgan fingerprint density at radius 1 is 1.79 bits per heavy atom. The Labute approximate surface area is 92.3 Å². The maximum atomic E-state index is 11.4. The first kappa shape index (κ1) is 11.5. The van der Waals surface area contributed by atoms with Gasteiger partial charge in [0.05, 0.1) is 11.8 Å². The summed E-state index contributed by atoms with van der Waals surface area (Å²) in [6.45, 7) is 4.39. The average Bonchev–Trinajstić information content (AvgIpc) is 2.59. The van der Waals surface area contributed by atoms with Crippen LogP contribution in [0.1, 0.15) is 17.6 Å². The van der Waals surface area contributed by atoms with Gasteiger partial charge in [0.25, 0.3) is 0 Å². The molecule has 78 valence electrons. The van der Waals surface area contributed by atoms with Gasteiger partial charge in [-0.25, -0.2) is 4.98 Å². The fraction of sp³-hybridized carbons (Fsp3) is 0.556. The molecule has 14 heavy (non-hydrogen) atoms. The minimum Gasteiger partial charge on any atom is -0.349 e. The molecule has 0 saturated carbocycles. The van der Waals surface area contributed by atoms with Crippen LogP contribution < -0.4 is 5.32 Å². The number of thioether (sulfide) groups is 1. The van der Waals surface area contributed by atoms with Gasteiger partial charge in [-0.05, 0) is 20.1 Å². The average molecular weight is 230 g/mol. The van der Waals surface area contributed by atoms with E-state index in [1.54, 1.807) is 23.1 Å². The standard InChI is InChI=1S/C9H14N2OS2/c1-6-5-14-8(11-6)4-10-9(12)7(2)13-3/h5,7H,4H2,1-3H3,(H,10,12). The summed E-state index contributed by atoms with van der Waals surface area (Å²) in [5.41, 5.74) is 1.01. The molecule has 0 bridgehead atoms. The van der Waals surface area contributed by atoms with Gasteiger partial charge in [-0.2, -0.15) is 11.8 Å². The lowest BCUT2D eigenvalue weighted by atomic mass is 10.4. The van der Waals surface area contributed by atoms with E-state index < -0.39 is 0 Å². The summed E-state index contributed by atoms with van der Waals surface area (Å²) >= 11 is 3.12. The molecule has 0 aliphatic heterocycles. The van der Waals surface area contributed by atoms with Crippen LogP contribution >= 0.6 is 23.1 Å². The van der Waals surface area contributed by atoms with Crippen LogP contribution in [0.2, 0.25) is 0 Å². The van der Waals surface area contributed by atoms with Gasteiger partial charge >= 0.3 is 0 Å². The van der Waals surface area contributed by atoms with Gasteiger partial charge in [-0.15, -0.1) is 11.3 Å². The summed E-state index contributed by atoms with van der Waals surface area (Å²) in [6.07, 6.45) is 1.93. The Bertz CT molecular complexity index is 312. The zero-order valence-corrected chi connectivity index (χ0v) is 10.2. The van der Waals surface area contributed by atoms with E-state index in [9.17, 15) is 4.79 Å². The monoisotopic (exact) mass is 230 g/mol. The Balaban J connectivity index is 2.37. The van der Waals surface area contributed by atoms with E-state index in [4.69, 9.17) is 0 Å². The Morgan fingerprint density at radius 3 is 3.00 bits per heavy atom. The lowest BCUT2D eigenvalue weighted by molar-refractivity contribution is -0.120. The Hall–Kier alpha value is -0.550. The second-order valence-corrected chi connectivity index (χ2v) is 5.10. The van der Waals surface area contributed by atoms with Crippen LogP contribution in [0.5, 0.6) is 0 Å². The number of aromatic nitrogens is 1. The van der Waals surface area contributed by atoms with E-state index in [-0.39, 0.29) is 11.2 Å². The number of nitrogens with one attached hydrogen (secondary N) is 1. The smallest absolute Gasteiger partial charge is 0.233 e. The van der Waals surface area contributed by atoms with Crippen molar-refractivity contribution in [1.29, 1.82) is 0 Å². The van der Waals surface area contributed by atoms with Crippen molar-refractivity contribution in [3.8, 4) is 0 Å². The van der Waals surface area contributed by atoms with Crippen molar-refractivity contribution in [2.45, 2.75) is 25.6 Å². The molecule has 0 saturated heterocycles. The van der Waals surface area contributed by atoms with Gasteiger partial charge in [0.15, 0.2) is 0 Å². The molecule has 1 aromatic heterocycles. The van der Waals surface area contributed by atoms with Gasteiger partial charge in [-0.1, -0.05) is 0 Å². The van der Waals surface area contributed by atoms with E-state index in [1.165, 1.54) is 0 Å². The molecule has 1 rings (SSSR count). The first-order valence-electron chi connectivity index (χ1n) is 4.35. The number of thiazole rings is 1. The van der Waals surface area contributed by atoms with Crippen molar-refractivity contribution < 1.29 is 4.79 Å². The van der Waals surface area contributed by atoms with Gasteiger partial charge < -0.3 is 5.32 Å². The predicted octanol–water partition coefficient (Wildman–Crippen LogP) is 1.82. The zero-order valence-electron chi connectivity index (χ0n) is 8.53. The molecule has 0 aromatic carbocycles. The fourth-order valence-corrected chi connectivity index (χ4v) is 1.91. The van der Waals surface area contributed by atoms with Crippen molar-refractivity contribution in [3.05, 3.63) is 16.1 Å². The molecule has 0 aliphatic carbocycles. The SMILES string of the molecule is CSC(C)C(=O)NCc1nc(C)cs1. The molecule has 5 heteroatoms. The van der Waals surface area contributed by atoms with E-state index >= 15 is 0 Å². The lowest BCUT2D eigenvalue weighted by Gasteiger charge is -2.07. The maximum absolute atomic E-state index is 11.4. The molecule has 0 fully saturated rings. The minimum atomic E-state index is 0.0102. The second-order valence-electron chi connectivity index (χ2n) is 2.98. The van der Waals surface area contributed by atoms with Crippen molar-refractivity contribution in [1.82, 2.24) is 10.3 Å². The second kappa shape index (κ2) is 5.36. The Kier molecular flexibility index (Phi) is 4.41. The highest BCUT2D eigenvalue weighted by atomic mass is 32.2. The highest BCUT2D eigenvalue weighted by molar-refractivity contribution is 7.99. The van der Waals surface area contributed by atoms with Gasteiger partial charge in [-0.3, -0.25) is 4.79 Å². The number of carbonyl (C=O) groups excluding carboxylic acids is 1. The number of amides is 1. The molecular formula is C9H14N2OS2. The topological polar surface area (TPSA) is 42.0 Å². The van der Waals surface area contributed by atoms with E-state index in [1.807, 2.05) is 25.5 Å². The van der Waals surface area contributed by atoms with Crippen LogP contribution in [0.15, 0.2) is 5.38 Å². The minimum absolute atomic E-state index is 0.0102. The van der Waals surface area contributed by atoms with Crippen molar-refractivity contribution in [2.24, 2.45) is 0 Å². The quantitative estimate of drug-likeness (QED) is 0.858. The van der Waals surface area contributed by atoms with E-state index in [0.29, 0.717) is 6.54 Å². The number of nitrogens with zero attached hydrogens (tertiary/aromatic N) is 1. The molecule has 1 amide bonds. The normalized spacial score (nSPS) is 12.5. The van der Waals surface area contributed by atoms with Gasteiger partial charge in [0, 0.05) is 11.1 Å². The van der Waals surface area contributed by atoms with Crippen LogP contribution in [0.25, 0.3) is 0 Å². The van der Waals surface area contributed by atoms with Crippen molar-refractivity contribution in [2.75, 3.05) is 6.26 Å². The van der Waals surface area contributed by atoms with Gasteiger partial charge in [0.2, 0.25) is 5.91 Å². The molecule has 1 N–H and O–H groups in total. The summed E-state index contributed by atoms with van der Waals surface area (Å²) in [5, 5.41) is 5.81. The highest BCUT2D eigenvalue weighted by Gasteiger charge is 2.10. The molecule has 1 heterocycles. The largest absolute Gasteiger partial charge is 0.349 e. The van der Waals surface area contributed by atoms with Crippen LogP contribution in [-0.2, 0) is 11.3 Å². The summed E-state index contributed by atoms with van der Waals surface area (Å²) in [5.74, 6) is 0.0744. The van der Waals surface area contributed by atoms with Gasteiger partial charge in [0.1, 0.15) is 5.01 Å². The first-order valence-corrected chi connectivity index (χ1v) is 6.51. The molecule has 1 aromatic rings. The molecule has 1 unspecified atom stereocenters. The number of aryl methyl sites for hydroxylation is 1. The highest BCUT2D eigenvalue weighted by Crippen LogP contribution is 2.09. The molecule has 0 aliphatic rings. The van der Waals surface area contributed by atoms with E-state index in [0.717, 1.165) is 10.7 Å². The molecule has 0 spiro atoms. The van der Waals surface area contributed by atoms with Crippen molar-refractivity contribution in [3.63, 3.8) is 0 Å². The molecule has 0 radical (unpaired) electrons. The number of rotatable bonds is 4. The fourth-order valence-electron chi connectivity index (χ4n) is 0.897. The third-order valence-corrected chi connectivity index (χ3v) is 3.69. The van der Waals surface area contributed by atoms with Crippen LogP contribution in [0.3, 0.4) is 0 Å².